The molecule has 0 atom stereocenters. The van der Waals surface area contributed by atoms with E-state index in [0.717, 1.165) is 41.1 Å². The van der Waals surface area contributed by atoms with Crippen molar-refractivity contribution in [2.45, 2.75) is 52.0 Å². The van der Waals surface area contributed by atoms with E-state index in [1.165, 1.54) is 35.9 Å². The van der Waals surface area contributed by atoms with Crippen LogP contribution in [0.5, 0.6) is 5.75 Å². The molecule has 4 rings (SSSR count). The zero-order chi connectivity index (χ0) is 28.9. The van der Waals surface area contributed by atoms with Crippen LogP contribution in [0.3, 0.4) is 0 Å². The van der Waals surface area contributed by atoms with E-state index in [4.69, 9.17) is 4.74 Å². The molecular weight excluding hydrogens is 525 g/mol. The normalized spacial score (nSPS) is 15.7. The lowest BCUT2D eigenvalue weighted by Gasteiger charge is -2.29. The molecule has 0 aromatic heterocycles. The number of nitrogens with zero attached hydrogens (tertiary/aromatic N) is 3. The fourth-order valence-corrected chi connectivity index (χ4v) is 4.96. The number of hydrogen-bond acceptors (Lipinski definition) is 5. The highest BCUT2D eigenvalue weighted by Crippen LogP contribution is 2.35. The van der Waals surface area contributed by atoms with Crippen LogP contribution in [-0.2, 0) is 24.1 Å². The monoisotopic (exact) mass is 562 g/mol. The number of alkyl halides is 3. The van der Waals surface area contributed by atoms with Gasteiger partial charge in [-0.05, 0) is 56.4 Å². The smallest absolute Gasteiger partial charge is 0.416 e. The highest BCUT2D eigenvalue weighted by atomic mass is 19.4. The lowest BCUT2D eigenvalue weighted by atomic mass is 10.1. The van der Waals surface area contributed by atoms with E-state index in [2.05, 4.69) is 10.2 Å². The molecule has 2 aromatic carbocycles. The van der Waals surface area contributed by atoms with Gasteiger partial charge in [0.15, 0.2) is 0 Å². The maximum Gasteiger partial charge on any atom is 0.416 e. The molecule has 1 heterocycles. The zero-order valence-corrected chi connectivity index (χ0v) is 22.9. The van der Waals surface area contributed by atoms with Crippen molar-refractivity contribution in [2.75, 3.05) is 44.6 Å². The van der Waals surface area contributed by atoms with Gasteiger partial charge in [0.25, 0.3) is 0 Å². The summed E-state index contributed by atoms with van der Waals surface area (Å²) in [7, 11) is 0. The average molecular weight is 563 g/mol. The summed E-state index contributed by atoms with van der Waals surface area (Å²) < 4.78 is 47.0. The minimum atomic E-state index is -4.58. The zero-order valence-electron chi connectivity index (χ0n) is 22.9. The second-order valence-electron chi connectivity index (χ2n) is 10.7. The molecule has 1 aliphatic heterocycles. The van der Waals surface area contributed by atoms with Crippen LogP contribution >= 0.6 is 0 Å². The van der Waals surface area contributed by atoms with Crippen molar-refractivity contribution in [3.63, 3.8) is 0 Å². The van der Waals surface area contributed by atoms with Crippen LogP contribution in [0.2, 0.25) is 0 Å². The lowest BCUT2D eigenvalue weighted by Crippen LogP contribution is -2.44. The van der Waals surface area contributed by atoms with Crippen molar-refractivity contribution in [3.05, 3.63) is 59.2 Å². The molecule has 0 bridgehead atoms. The topological polar surface area (TPSA) is 85.4 Å². The van der Waals surface area contributed by atoms with E-state index in [9.17, 15) is 27.9 Å². The van der Waals surface area contributed by atoms with Gasteiger partial charge in [0.1, 0.15) is 12.4 Å². The Bertz CT molecular complexity index is 1190. The number of amides is 2. The second kappa shape index (κ2) is 12.8. The minimum absolute atomic E-state index is 0.0301. The molecule has 2 aromatic rings. The Morgan fingerprint density at radius 3 is 2.55 bits per heavy atom. The van der Waals surface area contributed by atoms with E-state index in [1.807, 2.05) is 18.2 Å². The third-order valence-electron chi connectivity index (χ3n) is 7.34. The van der Waals surface area contributed by atoms with Gasteiger partial charge in [-0.2, -0.15) is 13.2 Å². The largest absolute Gasteiger partial charge is 0.492 e. The van der Waals surface area contributed by atoms with Crippen LogP contribution in [0.25, 0.3) is 0 Å². The number of halogens is 3. The quantitative estimate of drug-likeness (QED) is 0.395. The third kappa shape index (κ3) is 7.80. The fraction of sp³-hybridized carbons (Fsp3) is 0.517. The van der Waals surface area contributed by atoms with Crippen LogP contribution in [0.15, 0.2) is 42.5 Å². The number of carbonyl (C=O) groups is 2. The Balaban J connectivity index is 1.51. The molecule has 1 saturated carbocycles. The Labute approximate surface area is 232 Å². The standard InChI is InChI=1S/C29H37F3N4O4/c1-20(2)36(28(38)39)13-12-35(18-22-6-3-4-7-24(22)29(30,31)32)27(37)16-33-25-8-5-9-26-23(25)19-34(14-15-40-26)17-21-10-11-21/h3-9,20-21,33H,10-19H2,1-2H3,(H,38,39). The van der Waals surface area contributed by atoms with Gasteiger partial charge in [-0.1, -0.05) is 24.3 Å². The highest BCUT2D eigenvalue weighted by Gasteiger charge is 2.34. The van der Waals surface area contributed by atoms with Crippen molar-refractivity contribution in [1.82, 2.24) is 14.7 Å². The number of carboxylic acid groups (broad SMARTS) is 1. The Hall–Kier alpha value is -3.47. The predicted octanol–water partition coefficient (Wildman–Crippen LogP) is 5.14. The summed E-state index contributed by atoms with van der Waals surface area (Å²) in [5, 5.41) is 12.7. The molecule has 0 saturated heterocycles. The van der Waals surface area contributed by atoms with Gasteiger partial charge < -0.3 is 25.0 Å². The first-order valence-electron chi connectivity index (χ1n) is 13.7. The summed E-state index contributed by atoms with van der Waals surface area (Å²) in [4.78, 5) is 29.9. The van der Waals surface area contributed by atoms with Gasteiger partial charge in [-0.3, -0.25) is 9.69 Å². The van der Waals surface area contributed by atoms with Crippen molar-refractivity contribution in [3.8, 4) is 5.75 Å². The summed E-state index contributed by atoms with van der Waals surface area (Å²) in [5.41, 5.74) is 0.811. The first-order chi connectivity index (χ1) is 19.0. The summed E-state index contributed by atoms with van der Waals surface area (Å²) in [6.07, 6.45) is -3.26. The van der Waals surface area contributed by atoms with Crippen LogP contribution in [-0.4, -0.2) is 77.2 Å². The van der Waals surface area contributed by atoms with Crippen LogP contribution in [0.4, 0.5) is 23.7 Å². The summed E-state index contributed by atoms with van der Waals surface area (Å²) in [5.74, 6) is 1.03. The van der Waals surface area contributed by atoms with Crippen molar-refractivity contribution < 1.29 is 32.6 Å². The number of nitrogens with one attached hydrogen (secondary N) is 1. The summed E-state index contributed by atoms with van der Waals surface area (Å²) >= 11 is 0. The molecule has 1 aliphatic carbocycles. The second-order valence-corrected chi connectivity index (χ2v) is 10.7. The van der Waals surface area contributed by atoms with Crippen molar-refractivity contribution in [2.24, 2.45) is 5.92 Å². The molecule has 2 N–H and O–H groups in total. The Morgan fingerprint density at radius 1 is 1.12 bits per heavy atom. The molecule has 2 amide bonds. The van der Waals surface area contributed by atoms with E-state index in [-0.39, 0.29) is 37.8 Å². The summed E-state index contributed by atoms with van der Waals surface area (Å²) in [6, 6.07) is 10.4. The molecule has 8 nitrogen and oxygen atoms in total. The van der Waals surface area contributed by atoms with E-state index >= 15 is 0 Å². The maximum atomic E-state index is 13.7. The third-order valence-corrected chi connectivity index (χ3v) is 7.34. The number of ether oxygens (including phenoxy) is 1. The highest BCUT2D eigenvalue weighted by molar-refractivity contribution is 5.81. The van der Waals surface area contributed by atoms with Crippen molar-refractivity contribution >= 4 is 17.7 Å². The molecule has 2 aliphatic rings. The van der Waals surface area contributed by atoms with Gasteiger partial charge in [0.05, 0.1) is 12.1 Å². The molecule has 0 unspecified atom stereocenters. The molecule has 0 radical (unpaired) electrons. The van der Waals surface area contributed by atoms with Gasteiger partial charge >= 0.3 is 12.3 Å². The predicted molar refractivity (Wildman–Crippen MR) is 145 cm³/mol. The first-order valence-corrected chi connectivity index (χ1v) is 13.7. The fourth-order valence-electron chi connectivity index (χ4n) is 4.96. The molecule has 218 valence electrons. The van der Waals surface area contributed by atoms with E-state index < -0.39 is 23.7 Å². The Kier molecular flexibility index (Phi) is 9.44. The molecule has 40 heavy (non-hydrogen) atoms. The average Bonchev–Trinajstić information content (AvgIpc) is 3.73. The number of rotatable bonds is 11. The number of benzene rings is 2. The Morgan fingerprint density at radius 2 is 1.88 bits per heavy atom. The van der Waals surface area contributed by atoms with Gasteiger partial charge in [-0.15, -0.1) is 0 Å². The SMILES string of the molecule is CC(C)N(CCN(Cc1ccccc1C(F)(F)F)C(=O)CNc1cccc2c1CN(CC1CC1)CCO2)C(=O)O. The molecule has 1 fully saturated rings. The number of fused-ring (bicyclic) bond motifs is 1. The molecular formula is C29H37F3N4O4. The summed E-state index contributed by atoms with van der Waals surface area (Å²) in [6.45, 7) is 5.92. The minimum Gasteiger partial charge on any atom is -0.492 e. The van der Waals surface area contributed by atoms with Gasteiger partial charge in [0, 0.05) is 56.6 Å². The number of anilines is 1. The maximum absolute atomic E-state index is 13.7. The first kappa shape index (κ1) is 29.5. The van der Waals surface area contributed by atoms with Crippen molar-refractivity contribution in [1.29, 1.82) is 0 Å². The van der Waals surface area contributed by atoms with E-state index in [0.29, 0.717) is 19.1 Å². The van der Waals surface area contributed by atoms with Crippen LogP contribution in [0, 0.1) is 5.92 Å². The van der Waals surface area contributed by atoms with Crippen LogP contribution in [0.1, 0.15) is 43.4 Å². The number of carbonyl (C=O) groups excluding carboxylic acids is 1. The van der Waals surface area contributed by atoms with Gasteiger partial charge in [0.2, 0.25) is 5.91 Å². The molecule has 0 spiro atoms. The van der Waals surface area contributed by atoms with Gasteiger partial charge in [-0.25, -0.2) is 4.79 Å². The number of hydrogen-bond donors (Lipinski definition) is 2. The molecule has 11 heteroatoms. The van der Waals surface area contributed by atoms with Crippen LogP contribution < -0.4 is 10.1 Å². The lowest BCUT2D eigenvalue weighted by molar-refractivity contribution is -0.139. The van der Waals surface area contributed by atoms with E-state index in [1.54, 1.807) is 13.8 Å².